The molecule has 6 nitrogen and oxygen atoms in total. The van der Waals surface area contributed by atoms with E-state index in [9.17, 15) is 14.9 Å². The highest BCUT2D eigenvalue weighted by atomic mass is 16.5. The lowest BCUT2D eigenvalue weighted by Crippen LogP contribution is -2.14. The quantitative estimate of drug-likeness (QED) is 0.351. The molecule has 32 heavy (non-hydrogen) atoms. The number of benzene rings is 2. The molecule has 1 heterocycles. The zero-order chi connectivity index (χ0) is 23.4. The van der Waals surface area contributed by atoms with Crippen LogP contribution in [0.4, 0.5) is 5.69 Å². The highest BCUT2D eigenvalue weighted by Crippen LogP contribution is 2.26. The third kappa shape index (κ3) is 4.47. The Hall–Kier alpha value is -4.11. The minimum Gasteiger partial charge on any atom is -0.465 e. The van der Waals surface area contributed by atoms with Crippen LogP contribution < -0.4 is 5.32 Å². The van der Waals surface area contributed by atoms with Crippen LogP contribution in [-0.2, 0) is 9.53 Å². The monoisotopic (exact) mass is 427 g/mol. The number of methoxy groups -OCH3 is 1. The summed E-state index contributed by atoms with van der Waals surface area (Å²) in [6.07, 6.45) is 1.60. The molecule has 0 atom stereocenters. The summed E-state index contributed by atoms with van der Waals surface area (Å²) < 4.78 is 6.83. The second-order valence-corrected chi connectivity index (χ2v) is 7.59. The summed E-state index contributed by atoms with van der Waals surface area (Å²) in [7, 11) is 1.35. The van der Waals surface area contributed by atoms with Crippen LogP contribution in [-0.4, -0.2) is 23.6 Å². The maximum Gasteiger partial charge on any atom is 0.337 e. The molecule has 0 bridgehead atoms. The molecule has 1 amide bonds. The number of nitriles is 1. The number of nitrogens with one attached hydrogen (secondary N) is 1. The van der Waals surface area contributed by atoms with E-state index in [1.165, 1.54) is 7.11 Å². The fourth-order valence-corrected chi connectivity index (χ4v) is 3.66. The van der Waals surface area contributed by atoms with Gasteiger partial charge >= 0.3 is 5.97 Å². The van der Waals surface area contributed by atoms with E-state index < -0.39 is 5.91 Å². The Kier molecular flexibility index (Phi) is 6.60. The average Bonchev–Trinajstić information content (AvgIpc) is 3.05. The smallest absolute Gasteiger partial charge is 0.337 e. The van der Waals surface area contributed by atoms with Gasteiger partial charge in [0.2, 0.25) is 0 Å². The van der Waals surface area contributed by atoms with Gasteiger partial charge in [-0.2, -0.15) is 5.26 Å². The maximum absolute atomic E-state index is 12.7. The van der Waals surface area contributed by atoms with Gasteiger partial charge in [0, 0.05) is 22.8 Å². The first-order chi connectivity index (χ1) is 15.3. The number of carbonyl (C=O) groups is 2. The fourth-order valence-electron chi connectivity index (χ4n) is 3.66. The first-order valence-corrected chi connectivity index (χ1v) is 10.1. The third-order valence-electron chi connectivity index (χ3n) is 5.39. The van der Waals surface area contributed by atoms with Gasteiger partial charge in [-0.05, 0) is 80.8 Å². The van der Waals surface area contributed by atoms with Gasteiger partial charge in [0.25, 0.3) is 5.91 Å². The van der Waals surface area contributed by atoms with E-state index in [0.29, 0.717) is 11.3 Å². The highest BCUT2D eigenvalue weighted by molar-refractivity contribution is 6.10. The Morgan fingerprint density at radius 2 is 1.75 bits per heavy atom. The van der Waals surface area contributed by atoms with E-state index in [2.05, 4.69) is 5.32 Å². The number of aryl methyl sites for hydroxylation is 3. The van der Waals surface area contributed by atoms with Crippen molar-refractivity contribution in [3.8, 4) is 11.8 Å². The van der Waals surface area contributed by atoms with E-state index in [4.69, 9.17) is 4.74 Å². The van der Waals surface area contributed by atoms with Crippen molar-refractivity contribution >= 4 is 23.6 Å². The number of aromatic nitrogens is 1. The second-order valence-electron chi connectivity index (χ2n) is 7.59. The minimum absolute atomic E-state index is 0.0197. The molecular weight excluding hydrogens is 402 g/mol. The molecule has 0 radical (unpaired) electrons. The Morgan fingerprint density at radius 3 is 2.38 bits per heavy atom. The SMILES string of the molecule is COC(=O)c1ccc(-n2c(C)cc(/C=C(/C#N)C(=O)Nc3ccccc3C)c2C)c(C)c1. The summed E-state index contributed by atoms with van der Waals surface area (Å²) in [6.45, 7) is 7.71. The van der Waals surface area contributed by atoms with Gasteiger partial charge in [0.15, 0.2) is 0 Å². The van der Waals surface area contributed by atoms with E-state index in [-0.39, 0.29) is 11.5 Å². The van der Waals surface area contributed by atoms with Gasteiger partial charge in [-0.25, -0.2) is 4.79 Å². The van der Waals surface area contributed by atoms with Crippen molar-refractivity contribution in [2.45, 2.75) is 27.7 Å². The predicted molar refractivity (Wildman–Crippen MR) is 125 cm³/mol. The van der Waals surface area contributed by atoms with Gasteiger partial charge < -0.3 is 14.6 Å². The zero-order valence-corrected chi connectivity index (χ0v) is 18.8. The molecule has 0 aliphatic carbocycles. The molecule has 0 saturated heterocycles. The molecular formula is C26H25N3O3. The summed E-state index contributed by atoms with van der Waals surface area (Å²) in [5.41, 5.74) is 6.51. The van der Waals surface area contributed by atoms with Gasteiger partial charge in [-0.3, -0.25) is 4.79 Å². The van der Waals surface area contributed by atoms with E-state index in [1.54, 1.807) is 24.3 Å². The van der Waals surface area contributed by atoms with Crippen LogP contribution in [0.15, 0.2) is 54.1 Å². The summed E-state index contributed by atoms with van der Waals surface area (Å²) in [6, 6.07) is 16.7. The van der Waals surface area contributed by atoms with Crippen LogP contribution >= 0.6 is 0 Å². The number of nitrogens with zero attached hydrogens (tertiary/aromatic N) is 2. The molecule has 3 rings (SSSR count). The van der Waals surface area contributed by atoms with Gasteiger partial charge in [0.05, 0.1) is 12.7 Å². The van der Waals surface area contributed by atoms with Crippen molar-refractivity contribution in [3.63, 3.8) is 0 Å². The molecule has 162 valence electrons. The van der Waals surface area contributed by atoms with Crippen LogP contribution in [0, 0.1) is 39.0 Å². The lowest BCUT2D eigenvalue weighted by Gasteiger charge is -2.14. The van der Waals surface area contributed by atoms with Crippen molar-refractivity contribution in [3.05, 3.63) is 87.7 Å². The number of carbonyl (C=O) groups excluding carboxylic acids is 2. The number of para-hydroxylation sites is 1. The number of esters is 1. The first kappa shape index (κ1) is 22.6. The summed E-state index contributed by atoms with van der Waals surface area (Å²) in [5.74, 6) is -0.840. The lowest BCUT2D eigenvalue weighted by atomic mass is 10.1. The van der Waals surface area contributed by atoms with Crippen LogP contribution in [0.3, 0.4) is 0 Å². The first-order valence-electron chi connectivity index (χ1n) is 10.1. The molecule has 3 aromatic rings. The Labute approximate surface area is 187 Å². The van der Waals surface area contributed by atoms with Crippen molar-refractivity contribution in [1.82, 2.24) is 4.57 Å². The minimum atomic E-state index is -0.454. The van der Waals surface area contributed by atoms with E-state index >= 15 is 0 Å². The molecule has 2 aromatic carbocycles. The maximum atomic E-state index is 12.7. The fraction of sp³-hybridized carbons (Fsp3) is 0.192. The van der Waals surface area contributed by atoms with Crippen molar-refractivity contribution < 1.29 is 14.3 Å². The van der Waals surface area contributed by atoms with Crippen LogP contribution in [0.5, 0.6) is 0 Å². The number of hydrogen-bond acceptors (Lipinski definition) is 4. The molecule has 0 spiro atoms. The molecule has 0 saturated carbocycles. The van der Waals surface area contributed by atoms with Crippen molar-refractivity contribution in [2.75, 3.05) is 12.4 Å². The number of ether oxygens (including phenoxy) is 1. The lowest BCUT2D eigenvalue weighted by molar-refractivity contribution is -0.112. The number of amides is 1. The molecule has 0 aliphatic heterocycles. The molecule has 0 fully saturated rings. The largest absolute Gasteiger partial charge is 0.465 e. The Bertz CT molecular complexity index is 1280. The molecule has 0 aliphatic rings. The zero-order valence-electron chi connectivity index (χ0n) is 18.8. The van der Waals surface area contributed by atoms with Crippen LogP contribution in [0.1, 0.15) is 38.4 Å². The Morgan fingerprint density at radius 1 is 1.03 bits per heavy atom. The molecule has 0 unspecified atom stereocenters. The van der Waals surface area contributed by atoms with Crippen molar-refractivity contribution in [1.29, 1.82) is 5.26 Å². The van der Waals surface area contributed by atoms with Crippen molar-refractivity contribution in [2.24, 2.45) is 0 Å². The summed E-state index contributed by atoms with van der Waals surface area (Å²) in [4.78, 5) is 24.5. The number of hydrogen-bond donors (Lipinski definition) is 1. The van der Waals surface area contributed by atoms with Gasteiger partial charge in [-0.15, -0.1) is 0 Å². The highest BCUT2D eigenvalue weighted by Gasteiger charge is 2.16. The number of anilines is 1. The second kappa shape index (κ2) is 9.36. The van der Waals surface area contributed by atoms with E-state index in [0.717, 1.165) is 33.8 Å². The normalized spacial score (nSPS) is 11.1. The van der Waals surface area contributed by atoms with E-state index in [1.807, 2.05) is 68.7 Å². The summed E-state index contributed by atoms with van der Waals surface area (Å²) in [5, 5.41) is 12.4. The number of rotatable bonds is 5. The molecule has 6 heteroatoms. The topological polar surface area (TPSA) is 84.1 Å². The third-order valence-corrected chi connectivity index (χ3v) is 5.39. The molecule has 1 aromatic heterocycles. The van der Waals surface area contributed by atoms with Crippen LogP contribution in [0.25, 0.3) is 11.8 Å². The molecule has 1 N–H and O–H groups in total. The average molecular weight is 428 g/mol. The Balaban J connectivity index is 1.97. The van der Waals surface area contributed by atoms with Crippen LogP contribution in [0.2, 0.25) is 0 Å². The van der Waals surface area contributed by atoms with Gasteiger partial charge in [0.1, 0.15) is 11.6 Å². The standard InChI is InChI=1S/C26H25N3O3/c1-16-8-6-7-9-23(16)28-25(30)22(15-27)14-21-13-18(3)29(19(21)4)24-11-10-20(12-17(24)2)26(31)32-5/h6-14H,1-5H3,(H,28,30)/b22-14-. The van der Waals surface area contributed by atoms with Gasteiger partial charge in [-0.1, -0.05) is 18.2 Å². The predicted octanol–water partition coefficient (Wildman–Crippen LogP) is 5.04. The summed E-state index contributed by atoms with van der Waals surface area (Å²) >= 11 is 0.